The van der Waals surface area contributed by atoms with Crippen LogP contribution in [0.2, 0.25) is 10.0 Å². The van der Waals surface area contributed by atoms with Crippen LogP contribution in [0.15, 0.2) is 48.8 Å². The Balaban J connectivity index is 1.82. The number of hydrogen-bond acceptors (Lipinski definition) is 8. The molecule has 1 amide bonds. The lowest BCUT2D eigenvalue weighted by molar-refractivity contribution is -0.383. The molecule has 0 bridgehead atoms. The van der Waals surface area contributed by atoms with Crippen molar-refractivity contribution in [2.24, 2.45) is 0 Å². The minimum absolute atomic E-state index is 0.109. The fourth-order valence-corrected chi connectivity index (χ4v) is 3.01. The molecule has 1 heterocycles. The Morgan fingerprint density at radius 1 is 1.03 bits per heavy atom. The van der Waals surface area contributed by atoms with Gasteiger partial charge in [0.1, 0.15) is 6.33 Å². The number of amides is 1. The molecule has 0 saturated heterocycles. The Morgan fingerprint density at radius 3 is 2.32 bits per heavy atom. The van der Waals surface area contributed by atoms with E-state index in [1.54, 1.807) is 24.3 Å². The van der Waals surface area contributed by atoms with Crippen molar-refractivity contribution in [3.63, 3.8) is 0 Å². The lowest BCUT2D eigenvalue weighted by Crippen LogP contribution is -2.30. The third kappa shape index (κ3) is 5.24. The second-order valence-corrected chi connectivity index (χ2v) is 6.98. The van der Waals surface area contributed by atoms with Gasteiger partial charge >= 0.3 is 5.69 Å². The largest absolute Gasteiger partial charge is 0.355 e. The number of hydrogen-bond donors (Lipinski definition) is 3. The van der Waals surface area contributed by atoms with Gasteiger partial charge in [0.05, 0.1) is 15.5 Å². The van der Waals surface area contributed by atoms with Crippen LogP contribution in [0.3, 0.4) is 0 Å². The molecule has 12 heteroatoms. The Hall–Kier alpha value is -3.76. The number of halogens is 2. The molecule has 0 aliphatic heterocycles. The molecule has 31 heavy (non-hydrogen) atoms. The van der Waals surface area contributed by atoms with Crippen molar-refractivity contribution in [3.05, 3.63) is 80.1 Å². The molecule has 0 aliphatic rings. The highest BCUT2D eigenvalue weighted by Gasteiger charge is 2.24. The second-order valence-electron chi connectivity index (χ2n) is 6.14. The van der Waals surface area contributed by atoms with Crippen LogP contribution in [0.1, 0.15) is 27.6 Å². The summed E-state index contributed by atoms with van der Waals surface area (Å²) in [5, 5.41) is 14.9. The Kier molecular flexibility index (Phi) is 6.63. The summed E-state index contributed by atoms with van der Waals surface area (Å²) in [6, 6.07) is 10.6. The second kappa shape index (κ2) is 9.37. The molecule has 0 radical (unpaired) electrons. The fourth-order valence-electron chi connectivity index (χ4n) is 2.52. The van der Waals surface area contributed by atoms with Gasteiger partial charge in [0.15, 0.2) is 5.78 Å². The van der Waals surface area contributed by atoms with Crippen LogP contribution in [-0.2, 0) is 0 Å². The number of anilines is 3. The molecule has 0 atom stereocenters. The van der Waals surface area contributed by atoms with Crippen molar-refractivity contribution >= 4 is 57.9 Å². The first kappa shape index (κ1) is 21.9. The summed E-state index contributed by atoms with van der Waals surface area (Å²) in [6.07, 6.45) is 1.09. The first-order valence-corrected chi connectivity index (χ1v) is 9.40. The van der Waals surface area contributed by atoms with E-state index in [-0.39, 0.29) is 28.0 Å². The molecule has 3 rings (SSSR count). The zero-order chi connectivity index (χ0) is 22.5. The van der Waals surface area contributed by atoms with E-state index in [1.807, 2.05) is 0 Å². The Morgan fingerprint density at radius 2 is 1.71 bits per heavy atom. The summed E-state index contributed by atoms with van der Waals surface area (Å²) in [7, 11) is 0. The van der Waals surface area contributed by atoms with Crippen LogP contribution in [-0.4, -0.2) is 26.6 Å². The highest BCUT2D eigenvalue weighted by Crippen LogP contribution is 2.31. The molecule has 3 N–H and O–H groups in total. The molecular formula is C19H14Cl2N6O4. The molecule has 2 aromatic carbocycles. The molecule has 0 aliphatic carbocycles. The van der Waals surface area contributed by atoms with E-state index in [0.717, 1.165) is 6.33 Å². The molecule has 3 aromatic rings. The number of carbonyl (C=O) groups is 2. The third-order valence-electron chi connectivity index (χ3n) is 4.03. The first-order chi connectivity index (χ1) is 14.8. The van der Waals surface area contributed by atoms with E-state index in [1.165, 1.54) is 25.1 Å². The predicted octanol–water partition coefficient (Wildman–Crippen LogP) is 4.39. The van der Waals surface area contributed by atoms with Gasteiger partial charge in [-0.15, -0.1) is 0 Å². The van der Waals surface area contributed by atoms with Crippen molar-refractivity contribution in [2.45, 2.75) is 6.92 Å². The summed E-state index contributed by atoms with van der Waals surface area (Å²) in [4.78, 5) is 42.4. The number of Topliss-reactive ketones (excluding diaryl/α,β-unsaturated/α-hetero) is 1. The van der Waals surface area contributed by atoms with Gasteiger partial charge in [-0.05, 0) is 49.4 Å². The predicted molar refractivity (Wildman–Crippen MR) is 116 cm³/mol. The van der Waals surface area contributed by atoms with E-state index in [0.29, 0.717) is 16.3 Å². The third-order valence-corrected chi connectivity index (χ3v) is 4.58. The molecule has 10 nitrogen and oxygen atoms in total. The van der Waals surface area contributed by atoms with E-state index < -0.39 is 16.5 Å². The molecule has 158 valence electrons. The minimum atomic E-state index is -0.698. The molecule has 0 saturated carbocycles. The molecule has 0 fully saturated rings. The zero-order valence-electron chi connectivity index (χ0n) is 15.8. The van der Waals surface area contributed by atoms with Gasteiger partial charge in [-0.2, -0.15) is 0 Å². The maximum absolute atomic E-state index is 12.3. The summed E-state index contributed by atoms with van der Waals surface area (Å²) in [5.41, 5.74) is 5.29. The Labute approximate surface area is 185 Å². The maximum atomic E-state index is 12.3. The van der Waals surface area contributed by atoms with Gasteiger partial charge in [-0.3, -0.25) is 30.6 Å². The fraction of sp³-hybridized carbons (Fsp3) is 0.0526. The summed E-state index contributed by atoms with van der Waals surface area (Å²) < 4.78 is 0. The van der Waals surface area contributed by atoms with Crippen LogP contribution in [0.25, 0.3) is 0 Å². The molecule has 1 aromatic heterocycles. The highest BCUT2D eigenvalue weighted by atomic mass is 35.5. The van der Waals surface area contributed by atoms with Crippen LogP contribution in [0.5, 0.6) is 0 Å². The van der Waals surface area contributed by atoms with Crippen molar-refractivity contribution in [2.75, 3.05) is 10.7 Å². The quantitative estimate of drug-likeness (QED) is 0.267. The van der Waals surface area contributed by atoms with Gasteiger partial charge in [-0.1, -0.05) is 23.2 Å². The summed E-state index contributed by atoms with van der Waals surface area (Å²) in [5.74, 6) is -1.12. The first-order valence-electron chi connectivity index (χ1n) is 8.65. The van der Waals surface area contributed by atoms with E-state index in [4.69, 9.17) is 23.2 Å². The molecule has 0 unspecified atom stereocenters. The molecule has 0 spiro atoms. The maximum Gasteiger partial charge on any atom is 0.355 e. The lowest BCUT2D eigenvalue weighted by Gasteiger charge is -2.11. The highest BCUT2D eigenvalue weighted by molar-refractivity contribution is 6.36. The summed E-state index contributed by atoms with van der Waals surface area (Å²) >= 11 is 11.8. The number of benzene rings is 2. The van der Waals surface area contributed by atoms with Crippen LogP contribution in [0.4, 0.5) is 23.0 Å². The number of ketones is 1. The van der Waals surface area contributed by atoms with E-state index in [9.17, 15) is 19.7 Å². The van der Waals surface area contributed by atoms with Gasteiger partial charge in [0.25, 0.3) is 5.91 Å². The number of nitrogens with zero attached hydrogens (tertiary/aromatic N) is 3. The van der Waals surface area contributed by atoms with Crippen LogP contribution in [0, 0.1) is 10.1 Å². The number of aromatic nitrogens is 2. The van der Waals surface area contributed by atoms with Crippen LogP contribution < -0.4 is 16.2 Å². The standard InChI is InChI=1S/C19H14Cl2N6O4/c1-10(28)11-2-5-13(6-3-11)24-17-16(27(30)31)18(23-9-22-17)25-26-19(29)14-7-4-12(20)8-15(14)21/h2-9H,1H3,(H,26,29)(H2,22,23,24,25). The molecular weight excluding hydrogens is 447 g/mol. The van der Waals surface area contributed by atoms with Gasteiger partial charge in [0, 0.05) is 16.3 Å². The van der Waals surface area contributed by atoms with Crippen molar-refractivity contribution in [1.29, 1.82) is 0 Å². The topological polar surface area (TPSA) is 139 Å². The average Bonchev–Trinajstić information content (AvgIpc) is 2.72. The number of hydrazine groups is 1. The van der Waals surface area contributed by atoms with E-state index in [2.05, 4.69) is 26.1 Å². The SMILES string of the molecule is CC(=O)c1ccc(Nc2ncnc(NNC(=O)c3ccc(Cl)cc3Cl)c2[N+](=O)[O-])cc1. The van der Waals surface area contributed by atoms with Crippen LogP contribution >= 0.6 is 23.2 Å². The van der Waals surface area contributed by atoms with Crippen molar-refractivity contribution in [3.8, 4) is 0 Å². The monoisotopic (exact) mass is 460 g/mol. The van der Waals surface area contributed by atoms with E-state index >= 15 is 0 Å². The normalized spacial score (nSPS) is 10.3. The van der Waals surface area contributed by atoms with Crippen molar-refractivity contribution < 1.29 is 14.5 Å². The Bertz CT molecular complexity index is 1170. The minimum Gasteiger partial charge on any atom is -0.334 e. The number of rotatable bonds is 7. The lowest BCUT2D eigenvalue weighted by atomic mass is 10.1. The zero-order valence-corrected chi connectivity index (χ0v) is 17.4. The summed E-state index contributed by atoms with van der Waals surface area (Å²) in [6.45, 7) is 1.43. The number of carbonyl (C=O) groups excluding carboxylic acids is 2. The number of nitrogens with one attached hydrogen (secondary N) is 3. The van der Waals surface area contributed by atoms with Gasteiger partial charge in [0.2, 0.25) is 11.6 Å². The smallest absolute Gasteiger partial charge is 0.334 e. The van der Waals surface area contributed by atoms with Gasteiger partial charge in [-0.25, -0.2) is 9.97 Å². The van der Waals surface area contributed by atoms with Crippen molar-refractivity contribution in [1.82, 2.24) is 15.4 Å². The van der Waals surface area contributed by atoms with Gasteiger partial charge < -0.3 is 5.32 Å². The number of nitro groups is 1. The average molecular weight is 461 g/mol.